The van der Waals surface area contributed by atoms with Crippen LogP contribution in [0.5, 0.6) is 0 Å². The highest BCUT2D eigenvalue weighted by Gasteiger charge is 2.10. The number of amides is 1. The van der Waals surface area contributed by atoms with E-state index in [1.807, 2.05) is 12.1 Å². The van der Waals surface area contributed by atoms with E-state index in [1.165, 1.54) is 6.20 Å². The van der Waals surface area contributed by atoms with Gasteiger partial charge in [-0.25, -0.2) is 0 Å². The number of nitrogen functional groups attached to an aromatic ring is 1. The number of hydrogen-bond acceptors (Lipinski definition) is 4. The van der Waals surface area contributed by atoms with Gasteiger partial charge in [0.15, 0.2) is 0 Å². The van der Waals surface area contributed by atoms with E-state index < -0.39 is 5.91 Å². The molecule has 0 aliphatic rings. The minimum absolute atomic E-state index is 0.0880. The third-order valence-corrected chi connectivity index (χ3v) is 3.81. The zero-order valence-corrected chi connectivity index (χ0v) is 14.0. The van der Waals surface area contributed by atoms with Crippen LogP contribution >= 0.6 is 23.2 Å². The molecule has 0 saturated carbocycles. The minimum atomic E-state index is -0.517. The maximum Gasteiger partial charge on any atom is 0.263 e. The third-order valence-electron chi connectivity index (χ3n) is 3.13. The molecule has 1 amide bonds. The van der Waals surface area contributed by atoms with Gasteiger partial charge in [-0.3, -0.25) is 4.79 Å². The van der Waals surface area contributed by atoms with E-state index in [-0.39, 0.29) is 12.1 Å². The number of nitriles is 1. The van der Waals surface area contributed by atoms with Crippen molar-refractivity contribution in [2.24, 2.45) is 0 Å². The molecule has 0 heterocycles. The highest BCUT2D eigenvalue weighted by atomic mass is 35.5. The number of nitrogens with one attached hydrogen (secondary N) is 2. The molecule has 0 fully saturated rings. The fourth-order valence-corrected chi connectivity index (χ4v) is 2.31. The van der Waals surface area contributed by atoms with Gasteiger partial charge in [0.2, 0.25) is 0 Å². The third kappa shape index (κ3) is 4.66. The van der Waals surface area contributed by atoms with E-state index in [2.05, 4.69) is 10.6 Å². The first kappa shape index (κ1) is 17.7. The number of benzene rings is 2. The highest BCUT2D eigenvalue weighted by Crippen LogP contribution is 2.24. The summed E-state index contributed by atoms with van der Waals surface area (Å²) in [5, 5.41) is 15.5. The normalized spacial score (nSPS) is 10.8. The molecule has 0 unspecified atom stereocenters. The summed E-state index contributed by atoms with van der Waals surface area (Å²) in [7, 11) is 0. The van der Waals surface area contributed by atoms with Crippen LogP contribution in [0, 0.1) is 11.3 Å². The first-order chi connectivity index (χ1) is 11.5. The fraction of sp³-hybridized carbons (Fsp3) is 0.0588. The van der Waals surface area contributed by atoms with Gasteiger partial charge in [-0.2, -0.15) is 5.26 Å². The van der Waals surface area contributed by atoms with Gasteiger partial charge in [-0.15, -0.1) is 0 Å². The number of halogens is 2. The number of nitrogens with zero attached hydrogens (tertiary/aromatic N) is 1. The molecule has 122 valence electrons. The molecule has 0 saturated heterocycles. The van der Waals surface area contributed by atoms with Crippen LogP contribution in [0.1, 0.15) is 5.56 Å². The van der Waals surface area contributed by atoms with Gasteiger partial charge in [0.05, 0.1) is 10.7 Å². The Balaban J connectivity index is 2.03. The molecule has 5 nitrogen and oxygen atoms in total. The summed E-state index contributed by atoms with van der Waals surface area (Å²) in [6.07, 6.45) is 1.29. The van der Waals surface area contributed by atoms with Gasteiger partial charge in [-0.05, 0) is 29.8 Å². The second kappa shape index (κ2) is 8.25. The summed E-state index contributed by atoms with van der Waals surface area (Å²) in [6, 6.07) is 13.9. The average Bonchev–Trinajstić information content (AvgIpc) is 2.56. The van der Waals surface area contributed by atoms with Gasteiger partial charge >= 0.3 is 0 Å². The minimum Gasteiger partial charge on any atom is -0.399 e. The van der Waals surface area contributed by atoms with E-state index in [0.717, 1.165) is 5.56 Å². The summed E-state index contributed by atoms with van der Waals surface area (Å²) in [5.41, 5.74) is 7.35. The van der Waals surface area contributed by atoms with E-state index in [1.54, 1.807) is 36.4 Å². The zero-order valence-electron chi connectivity index (χ0n) is 12.5. The molecule has 0 spiro atoms. The predicted molar refractivity (Wildman–Crippen MR) is 96.5 cm³/mol. The van der Waals surface area contributed by atoms with E-state index in [9.17, 15) is 4.79 Å². The molecule has 0 bridgehead atoms. The van der Waals surface area contributed by atoms with Crippen molar-refractivity contribution in [3.05, 3.63) is 69.8 Å². The second-order valence-electron chi connectivity index (χ2n) is 4.83. The maximum absolute atomic E-state index is 12.1. The lowest BCUT2D eigenvalue weighted by Gasteiger charge is -2.08. The van der Waals surface area contributed by atoms with Crippen molar-refractivity contribution in [2.75, 3.05) is 11.1 Å². The lowest BCUT2D eigenvalue weighted by Crippen LogP contribution is -2.24. The molecular formula is C17H14Cl2N4O. The fourth-order valence-electron chi connectivity index (χ4n) is 1.86. The van der Waals surface area contributed by atoms with Crippen molar-refractivity contribution in [2.45, 2.75) is 6.54 Å². The number of carbonyl (C=O) groups is 1. The van der Waals surface area contributed by atoms with Crippen molar-refractivity contribution >= 4 is 40.5 Å². The molecule has 0 radical (unpaired) electrons. The van der Waals surface area contributed by atoms with Crippen molar-refractivity contribution < 1.29 is 4.79 Å². The molecule has 7 heteroatoms. The number of hydrogen-bond donors (Lipinski definition) is 3. The Morgan fingerprint density at radius 3 is 2.62 bits per heavy atom. The van der Waals surface area contributed by atoms with E-state index in [4.69, 9.17) is 34.2 Å². The van der Waals surface area contributed by atoms with E-state index >= 15 is 0 Å². The molecule has 0 atom stereocenters. The molecule has 2 aromatic rings. The van der Waals surface area contributed by atoms with Crippen molar-refractivity contribution in [1.29, 1.82) is 5.26 Å². The monoisotopic (exact) mass is 360 g/mol. The maximum atomic E-state index is 12.1. The molecule has 4 N–H and O–H groups in total. The van der Waals surface area contributed by atoms with Crippen molar-refractivity contribution in [3.8, 4) is 6.07 Å². The number of carbonyl (C=O) groups excluding carboxylic acids is 1. The predicted octanol–water partition coefficient (Wildman–Crippen LogP) is 3.71. The summed E-state index contributed by atoms with van der Waals surface area (Å²) in [6.45, 7) is 0.222. The molecule has 0 aromatic heterocycles. The lowest BCUT2D eigenvalue weighted by atomic mass is 10.2. The van der Waals surface area contributed by atoms with Crippen LogP contribution in [-0.2, 0) is 11.3 Å². The van der Waals surface area contributed by atoms with Gasteiger partial charge in [-0.1, -0.05) is 41.4 Å². The topological polar surface area (TPSA) is 90.9 Å². The number of nitrogens with two attached hydrogens (primary N) is 1. The van der Waals surface area contributed by atoms with Crippen LogP contribution in [-0.4, -0.2) is 5.91 Å². The molecular weight excluding hydrogens is 347 g/mol. The smallest absolute Gasteiger partial charge is 0.263 e. The average molecular weight is 361 g/mol. The van der Waals surface area contributed by atoms with Crippen LogP contribution in [0.2, 0.25) is 10.0 Å². The first-order valence-electron chi connectivity index (χ1n) is 6.94. The SMILES string of the molecule is N#C/C(=C/Nc1ccc(N)cc1Cl)C(=O)NCc1ccccc1Cl. The number of rotatable bonds is 5. The van der Waals surface area contributed by atoms with Crippen molar-refractivity contribution in [1.82, 2.24) is 5.32 Å². The summed E-state index contributed by atoms with van der Waals surface area (Å²) >= 11 is 12.0. The summed E-state index contributed by atoms with van der Waals surface area (Å²) < 4.78 is 0. The molecule has 2 aromatic carbocycles. The molecule has 0 aliphatic heterocycles. The van der Waals surface area contributed by atoms with Crippen LogP contribution in [0.25, 0.3) is 0 Å². The van der Waals surface area contributed by atoms with Crippen LogP contribution < -0.4 is 16.4 Å². The molecule has 2 rings (SSSR count). The summed E-state index contributed by atoms with van der Waals surface area (Å²) in [5.74, 6) is -0.517. The number of anilines is 2. The Hall–Kier alpha value is -2.68. The van der Waals surface area contributed by atoms with Crippen LogP contribution in [0.4, 0.5) is 11.4 Å². The Labute approximate surface area is 149 Å². The van der Waals surface area contributed by atoms with E-state index in [0.29, 0.717) is 21.4 Å². The largest absolute Gasteiger partial charge is 0.399 e. The van der Waals surface area contributed by atoms with Gasteiger partial charge in [0.25, 0.3) is 5.91 Å². The van der Waals surface area contributed by atoms with Gasteiger partial charge < -0.3 is 16.4 Å². The zero-order chi connectivity index (χ0) is 17.5. The van der Waals surface area contributed by atoms with Crippen molar-refractivity contribution in [3.63, 3.8) is 0 Å². The van der Waals surface area contributed by atoms with Crippen LogP contribution in [0.15, 0.2) is 54.2 Å². The standard InChI is InChI=1S/C17H14Cl2N4O/c18-14-4-2-1-3-11(14)9-23-17(24)12(8-20)10-22-16-6-5-13(21)7-15(16)19/h1-7,10,22H,9,21H2,(H,23,24)/b12-10-. The Bertz CT molecular complexity index is 828. The molecule has 24 heavy (non-hydrogen) atoms. The Kier molecular flexibility index (Phi) is 6.07. The van der Waals surface area contributed by atoms with Crippen LogP contribution in [0.3, 0.4) is 0 Å². The quantitative estimate of drug-likeness (QED) is 0.430. The van der Waals surface area contributed by atoms with Gasteiger partial charge in [0, 0.05) is 23.5 Å². The summed E-state index contributed by atoms with van der Waals surface area (Å²) in [4.78, 5) is 12.1. The van der Waals surface area contributed by atoms with Gasteiger partial charge in [0.1, 0.15) is 11.6 Å². The lowest BCUT2D eigenvalue weighted by molar-refractivity contribution is -0.117. The Morgan fingerprint density at radius 2 is 1.96 bits per heavy atom. The first-order valence-corrected chi connectivity index (χ1v) is 7.70. The highest BCUT2D eigenvalue weighted by molar-refractivity contribution is 6.33. The molecule has 0 aliphatic carbocycles. The Morgan fingerprint density at radius 1 is 1.21 bits per heavy atom. The second-order valence-corrected chi connectivity index (χ2v) is 5.64.